The molecule has 6 heteroatoms. The lowest BCUT2D eigenvalue weighted by Crippen LogP contribution is -2.61. The van der Waals surface area contributed by atoms with Crippen molar-refractivity contribution < 1.29 is 0 Å². The van der Waals surface area contributed by atoms with Crippen molar-refractivity contribution in [3.8, 4) is 0 Å². The van der Waals surface area contributed by atoms with Crippen molar-refractivity contribution in [3.05, 3.63) is 12.2 Å². The molecule has 0 aromatic carbocycles. The Morgan fingerprint density at radius 1 is 1.38 bits per heavy atom. The molecule has 3 N–H and O–H groups in total. The van der Waals surface area contributed by atoms with Crippen LogP contribution >= 0.6 is 0 Å². The third kappa shape index (κ3) is 3.27. The van der Waals surface area contributed by atoms with Crippen LogP contribution < -0.4 is 11.3 Å². The number of likely N-dealkylation sites (tertiary alicyclic amines) is 1. The Balaban J connectivity index is 2.19. The van der Waals surface area contributed by atoms with E-state index in [1.54, 1.807) is 6.33 Å². The van der Waals surface area contributed by atoms with Crippen LogP contribution in [0.25, 0.3) is 0 Å². The highest BCUT2D eigenvalue weighted by Gasteiger charge is 2.39. The van der Waals surface area contributed by atoms with Gasteiger partial charge >= 0.3 is 0 Å². The van der Waals surface area contributed by atoms with Crippen molar-refractivity contribution in [2.24, 2.45) is 5.84 Å². The van der Waals surface area contributed by atoms with Crippen LogP contribution in [0.15, 0.2) is 6.33 Å². The number of rotatable bonds is 7. The van der Waals surface area contributed by atoms with Crippen LogP contribution in [0.2, 0.25) is 0 Å². The fourth-order valence-corrected chi connectivity index (χ4v) is 3.41. The number of hydrazine groups is 1. The first-order valence-electron chi connectivity index (χ1n) is 8.12. The predicted octanol–water partition coefficient (Wildman–Crippen LogP) is 1.50. The smallest absolute Gasteiger partial charge is 0.138 e. The summed E-state index contributed by atoms with van der Waals surface area (Å²) >= 11 is 0. The Bertz CT molecular complexity index is 437. The minimum Gasteiger partial charge on any atom is -0.296 e. The van der Waals surface area contributed by atoms with E-state index >= 15 is 0 Å². The van der Waals surface area contributed by atoms with E-state index < -0.39 is 0 Å². The molecule has 0 bridgehead atoms. The highest BCUT2D eigenvalue weighted by molar-refractivity contribution is 5.02. The molecule has 2 unspecified atom stereocenters. The van der Waals surface area contributed by atoms with Gasteiger partial charge in [0.1, 0.15) is 12.2 Å². The Morgan fingerprint density at radius 2 is 2.05 bits per heavy atom. The van der Waals surface area contributed by atoms with Gasteiger partial charge in [0.2, 0.25) is 0 Å². The summed E-state index contributed by atoms with van der Waals surface area (Å²) in [6.45, 7) is 11.2. The third-order valence-corrected chi connectivity index (χ3v) is 5.02. The summed E-state index contributed by atoms with van der Waals surface area (Å²) in [6.07, 6.45) is 6.08. The van der Waals surface area contributed by atoms with Crippen LogP contribution in [0, 0.1) is 0 Å². The molecule has 120 valence electrons. The second-order valence-electron chi connectivity index (χ2n) is 6.54. The lowest BCUT2D eigenvalue weighted by molar-refractivity contribution is 0.0826. The van der Waals surface area contributed by atoms with Gasteiger partial charge < -0.3 is 0 Å². The van der Waals surface area contributed by atoms with Crippen LogP contribution in [-0.2, 0) is 6.42 Å². The Kier molecular flexibility index (Phi) is 5.35. The molecule has 2 rings (SSSR count). The Labute approximate surface area is 128 Å². The topological polar surface area (TPSA) is 72.0 Å². The molecular weight excluding hydrogens is 264 g/mol. The summed E-state index contributed by atoms with van der Waals surface area (Å²) in [4.78, 5) is 7.01. The molecule has 0 spiro atoms. The van der Waals surface area contributed by atoms with Crippen LogP contribution in [0.4, 0.5) is 0 Å². The van der Waals surface area contributed by atoms with E-state index in [4.69, 9.17) is 5.84 Å². The molecular formula is C15H30N6. The predicted molar refractivity (Wildman–Crippen MR) is 84.7 cm³/mol. The van der Waals surface area contributed by atoms with Gasteiger partial charge in [0.25, 0.3) is 0 Å². The third-order valence-electron chi connectivity index (χ3n) is 5.02. The summed E-state index contributed by atoms with van der Waals surface area (Å²) in [5.74, 6) is 6.92. The van der Waals surface area contributed by atoms with Gasteiger partial charge in [0, 0.05) is 24.0 Å². The maximum atomic E-state index is 5.91. The zero-order valence-electron chi connectivity index (χ0n) is 13.8. The van der Waals surface area contributed by atoms with Crippen LogP contribution in [0.5, 0.6) is 0 Å². The molecule has 0 saturated carbocycles. The van der Waals surface area contributed by atoms with Crippen molar-refractivity contribution in [2.75, 3.05) is 13.1 Å². The summed E-state index contributed by atoms with van der Waals surface area (Å²) in [6, 6.07) is 0.489. The van der Waals surface area contributed by atoms with Gasteiger partial charge in [-0.15, -0.1) is 0 Å². The number of hydrogen-bond donors (Lipinski definition) is 2. The normalized spacial score (nSPS) is 20.9. The van der Waals surface area contributed by atoms with Crippen LogP contribution in [-0.4, -0.2) is 44.3 Å². The highest BCUT2D eigenvalue weighted by Crippen LogP contribution is 2.29. The fraction of sp³-hybridized carbons (Fsp3) is 0.867. The van der Waals surface area contributed by atoms with Crippen molar-refractivity contribution in [1.82, 2.24) is 25.1 Å². The van der Waals surface area contributed by atoms with Crippen molar-refractivity contribution in [1.29, 1.82) is 0 Å². The van der Waals surface area contributed by atoms with E-state index in [0.717, 1.165) is 18.7 Å². The molecule has 0 radical (unpaired) electrons. The largest absolute Gasteiger partial charge is 0.296 e. The van der Waals surface area contributed by atoms with E-state index in [1.165, 1.54) is 25.9 Å². The molecule has 1 aromatic heterocycles. The maximum Gasteiger partial charge on any atom is 0.138 e. The Hall–Kier alpha value is -0.980. The van der Waals surface area contributed by atoms with E-state index in [1.807, 2.05) is 4.68 Å². The van der Waals surface area contributed by atoms with Gasteiger partial charge in [0.05, 0.1) is 0 Å². The van der Waals surface area contributed by atoms with Gasteiger partial charge in [-0.3, -0.25) is 16.2 Å². The highest BCUT2D eigenvalue weighted by atomic mass is 15.4. The van der Waals surface area contributed by atoms with E-state index in [0.29, 0.717) is 6.04 Å². The first kappa shape index (κ1) is 16.4. The molecule has 1 fully saturated rings. The zero-order chi connectivity index (χ0) is 15.5. The molecule has 21 heavy (non-hydrogen) atoms. The zero-order valence-corrected chi connectivity index (χ0v) is 13.8. The van der Waals surface area contributed by atoms with Gasteiger partial charge in [0.15, 0.2) is 0 Å². The molecule has 1 aromatic rings. The van der Waals surface area contributed by atoms with Gasteiger partial charge in [-0.1, -0.05) is 6.92 Å². The SMILES string of the molecule is CCC(C)(C(Cc1ncnn1C(C)C)NN)N1CCCC1. The molecule has 1 aliphatic rings. The number of nitrogens with one attached hydrogen (secondary N) is 1. The number of hydrogen-bond acceptors (Lipinski definition) is 5. The minimum absolute atomic E-state index is 0.0546. The standard InChI is InChI=1S/C15H30N6/c1-5-15(4,20-8-6-7-9-20)13(19-16)10-14-17-11-18-21(14)12(2)3/h11-13,19H,5-10,16H2,1-4H3. The lowest BCUT2D eigenvalue weighted by Gasteiger charge is -2.44. The van der Waals surface area contributed by atoms with Crippen LogP contribution in [0.3, 0.4) is 0 Å². The molecule has 2 heterocycles. The monoisotopic (exact) mass is 294 g/mol. The lowest BCUT2D eigenvalue weighted by atomic mass is 9.85. The molecule has 1 aliphatic heterocycles. The summed E-state index contributed by atoms with van der Waals surface area (Å²) in [7, 11) is 0. The molecule has 0 amide bonds. The molecule has 6 nitrogen and oxygen atoms in total. The second-order valence-corrected chi connectivity index (χ2v) is 6.54. The average molecular weight is 294 g/mol. The van der Waals surface area contributed by atoms with Gasteiger partial charge in [-0.2, -0.15) is 5.10 Å². The maximum absolute atomic E-state index is 5.91. The minimum atomic E-state index is 0.0546. The quantitative estimate of drug-likeness (QED) is 0.589. The number of aromatic nitrogens is 3. The molecule has 0 aliphatic carbocycles. The number of nitrogens with zero attached hydrogens (tertiary/aromatic N) is 4. The summed E-state index contributed by atoms with van der Waals surface area (Å²) in [5.41, 5.74) is 3.11. The first-order chi connectivity index (χ1) is 10.0. The van der Waals surface area contributed by atoms with Crippen LogP contribution in [0.1, 0.15) is 58.8 Å². The van der Waals surface area contributed by atoms with E-state index in [-0.39, 0.29) is 11.6 Å². The Morgan fingerprint density at radius 3 is 2.57 bits per heavy atom. The number of nitrogens with two attached hydrogens (primary N) is 1. The van der Waals surface area contributed by atoms with Crippen molar-refractivity contribution >= 4 is 0 Å². The van der Waals surface area contributed by atoms with Gasteiger partial charge in [-0.25, -0.2) is 9.67 Å². The van der Waals surface area contributed by atoms with Crippen molar-refractivity contribution in [2.45, 2.75) is 71.0 Å². The second kappa shape index (κ2) is 6.85. The first-order valence-corrected chi connectivity index (χ1v) is 8.12. The molecule has 1 saturated heterocycles. The fourth-order valence-electron chi connectivity index (χ4n) is 3.41. The molecule has 2 atom stereocenters. The van der Waals surface area contributed by atoms with Gasteiger partial charge in [-0.05, 0) is 53.1 Å². The summed E-state index contributed by atoms with van der Waals surface area (Å²) < 4.78 is 1.99. The van der Waals surface area contributed by atoms with E-state index in [9.17, 15) is 0 Å². The van der Waals surface area contributed by atoms with E-state index in [2.05, 4.69) is 48.1 Å². The van der Waals surface area contributed by atoms with Crippen molar-refractivity contribution in [3.63, 3.8) is 0 Å². The summed E-state index contributed by atoms with van der Waals surface area (Å²) in [5, 5.41) is 4.33. The average Bonchev–Trinajstić information content (AvgIpc) is 3.14.